The van der Waals surface area contributed by atoms with E-state index in [9.17, 15) is 0 Å². The third kappa shape index (κ3) is 1.69. The van der Waals surface area contributed by atoms with Crippen molar-refractivity contribution in [2.24, 2.45) is 0 Å². The number of aryl methyl sites for hydroxylation is 2. The molecule has 0 spiro atoms. The maximum atomic E-state index is 4.20. The van der Waals surface area contributed by atoms with Crippen LogP contribution >= 0.6 is 0 Å². The molecule has 3 heteroatoms. The van der Waals surface area contributed by atoms with Gasteiger partial charge in [0.25, 0.3) is 0 Å². The van der Waals surface area contributed by atoms with Gasteiger partial charge in [0, 0.05) is 17.5 Å². The van der Waals surface area contributed by atoms with Gasteiger partial charge >= 0.3 is 0 Å². The van der Waals surface area contributed by atoms with Crippen molar-refractivity contribution in [3.05, 3.63) is 29.7 Å². The van der Waals surface area contributed by atoms with E-state index < -0.39 is 0 Å². The van der Waals surface area contributed by atoms with Gasteiger partial charge in [-0.3, -0.25) is 0 Å². The van der Waals surface area contributed by atoms with Gasteiger partial charge in [0.05, 0.1) is 6.20 Å². The number of rotatable bonds is 0. The van der Waals surface area contributed by atoms with Gasteiger partial charge in [-0.05, 0) is 19.9 Å². The van der Waals surface area contributed by atoms with Crippen LogP contribution < -0.4 is 0 Å². The van der Waals surface area contributed by atoms with Gasteiger partial charge in [0.15, 0.2) is 5.65 Å². The molecule has 0 amide bonds. The van der Waals surface area contributed by atoms with E-state index in [-0.39, 0.29) is 0 Å². The molecule has 3 nitrogen and oxygen atoms in total. The van der Waals surface area contributed by atoms with Crippen LogP contribution in [0.4, 0.5) is 0 Å². The molecule has 2 heterocycles. The standard InChI is InChI=1S/C8H9N3.C2H6/c1-6-5-10-11-7(2)3-4-9-8(6)11;1-2/h3-5H,1-2H3;1-2H3. The Morgan fingerprint density at radius 1 is 1.23 bits per heavy atom. The molecule has 0 radical (unpaired) electrons. The highest BCUT2D eigenvalue weighted by Crippen LogP contribution is 2.06. The highest BCUT2D eigenvalue weighted by atomic mass is 15.2. The van der Waals surface area contributed by atoms with Crippen LogP contribution in [0.1, 0.15) is 25.1 Å². The fraction of sp³-hybridized carbons (Fsp3) is 0.400. The minimum atomic E-state index is 0.949. The summed E-state index contributed by atoms with van der Waals surface area (Å²) in [6, 6.07) is 1.94. The van der Waals surface area contributed by atoms with E-state index >= 15 is 0 Å². The Balaban J connectivity index is 0.000000396. The van der Waals surface area contributed by atoms with Gasteiger partial charge in [-0.1, -0.05) is 13.8 Å². The summed E-state index contributed by atoms with van der Waals surface area (Å²) in [4.78, 5) is 4.20. The lowest BCUT2D eigenvalue weighted by atomic mass is 10.4. The van der Waals surface area contributed by atoms with Crippen molar-refractivity contribution in [3.63, 3.8) is 0 Å². The maximum Gasteiger partial charge on any atom is 0.158 e. The fourth-order valence-corrected chi connectivity index (χ4v) is 1.12. The van der Waals surface area contributed by atoms with E-state index in [0.717, 1.165) is 16.9 Å². The van der Waals surface area contributed by atoms with E-state index in [0.29, 0.717) is 0 Å². The molecule has 0 unspecified atom stereocenters. The lowest BCUT2D eigenvalue weighted by molar-refractivity contribution is 0.895. The van der Waals surface area contributed by atoms with Crippen LogP contribution in [-0.4, -0.2) is 14.6 Å². The third-order valence-corrected chi connectivity index (χ3v) is 1.77. The Morgan fingerprint density at radius 2 is 1.92 bits per heavy atom. The molecular weight excluding hydrogens is 162 g/mol. The molecule has 0 saturated carbocycles. The monoisotopic (exact) mass is 177 g/mol. The zero-order valence-electron chi connectivity index (χ0n) is 8.57. The van der Waals surface area contributed by atoms with Crippen LogP contribution in [0.15, 0.2) is 18.5 Å². The second kappa shape index (κ2) is 4.03. The Labute approximate surface area is 78.4 Å². The Morgan fingerprint density at radius 3 is 2.54 bits per heavy atom. The average Bonchev–Trinajstić information content (AvgIpc) is 2.53. The van der Waals surface area contributed by atoms with Gasteiger partial charge in [0.2, 0.25) is 0 Å². The van der Waals surface area contributed by atoms with Crippen molar-refractivity contribution in [1.82, 2.24) is 14.6 Å². The molecule has 0 aliphatic rings. The van der Waals surface area contributed by atoms with Gasteiger partial charge in [0.1, 0.15) is 0 Å². The normalized spacial score (nSPS) is 9.54. The molecule has 2 aromatic rings. The highest BCUT2D eigenvalue weighted by molar-refractivity contribution is 5.45. The van der Waals surface area contributed by atoms with Crippen LogP contribution in [0, 0.1) is 13.8 Å². The SMILES string of the molecule is CC.Cc1cnn2c(C)ccnc12. The molecule has 0 aliphatic heterocycles. The van der Waals surface area contributed by atoms with E-state index in [1.54, 1.807) is 6.20 Å². The molecule has 0 fully saturated rings. The van der Waals surface area contributed by atoms with Crippen LogP contribution in [0.5, 0.6) is 0 Å². The summed E-state index contributed by atoms with van der Waals surface area (Å²) in [5.74, 6) is 0. The number of nitrogens with zero attached hydrogens (tertiary/aromatic N) is 3. The van der Waals surface area contributed by atoms with Crippen molar-refractivity contribution >= 4 is 5.65 Å². The molecule has 0 saturated heterocycles. The van der Waals surface area contributed by atoms with Gasteiger partial charge in [-0.15, -0.1) is 0 Å². The second-order valence-corrected chi connectivity index (χ2v) is 2.65. The first kappa shape index (κ1) is 9.71. The Kier molecular flexibility index (Phi) is 3.01. The number of hydrogen-bond acceptors (Lipinski definition) is 2. The molecule has 13 heavy (non-hydrogen) atoms. The van der Waals surface area contributed by atoms with Crippen molar-refractivity contribution < 1.29 is 0 Å². The zero-order chi connectivity index (χ0) is 9.84. The molecular formula is C10H15N3. The van der Waals surface area contributed by atoms with Gasteiger partial charge in [-0.25, -0.2) is 9.50 Å². The molecule has 0 atom stereocenters. The van der Waals surface area contributed by atoms with Crippen molar-refractivity contribution in [1.29, 1.82) is 0 Å². The van der Waals surface area contributed by atoms with Crippen molar-refractivity contribution in [2.75, 3.05) is 0 Å². The highest BCUT2D eigenvalue weighted by Gasteiger charge is 2.00. The molecule has 2 rings (SSSR count). The van der Waals surface area contributed by atoms with Crippen molar-refractivity contribution in [2.45, 2.75) is 27.7 Å². The molecule has 0 aliphatic carbocycles. The van der Waals surface area contributed by atoms with E-state index in [1.165, 1.54) is 0 Å². The minimum Gasteiger partial charge on any atom is -0.237 e. The van der Waals surface area contributed by atoms with Crippen LogP contribution in [0.25, 0.3) is 5.65 Å². The van der Waals surface area contributed by atoms with Crippen molar-refractivity contribution in [3.8, 4) is 0 Å². The maximum absolute atomic E-state index is 4.20. The first-order chi connectivity index (χ1) is 6.29. The summed E-state index contributed by atoms with van der Waals surface area (Å²) < 4.78 is 1.84. The fourth-order valence-electron chi connectivity index (χ4n) is 1.12. The van der Waals surface area contributed by atoms with E-state index in [2.05, 4.69) is 10.1 Å². The predicted molar refractivity (Wildman–Crippen MR) is 53.8 cm³/mol. The summed E-state index contributed by atoms with van der Waals surface area (Å²) >= 11 is 0. The third-order valence-electron chi connectivity index (χ3n) is 1.77. The molecule has 70 valence electrons. The van der Waals surface area contributed by atoms with Gasteiger partial charge < -0.3 is 0 Å². The molecule has 2 aromatic heterocycles. The minimum absolute atomic E-state index is 0.949. The first-order valence-electron chi connectivity index (χ1n) is 4.55. The van der Waals surface area contributed by atoms with Gasteiger partial charge in [-0.2, -0.15) is 5.10 Å². The summed E-state index contributed by atoms with van der Waals surface area (Å²) in [6.45, 7) is 8.02. The first-order valence-corrected chi connectivity index (χ1v) is 4.55. The Bertz CT molecular complexity index is 390. The zero-order valence-corrected chi connectivity index (χ0v) is 8.57. The smallest absolute Gasteiger partial charge is 0.158 e. The van der Waals surface area contributed by atoms with Crippen LogP contribution in [-0.2, 0) is 0 Å². The summed E-state index contributed by atoms with van der Waals surface area (Å²) in [7, 11) is 0. The largest absolute Gasteiger partial charge is 0.237 e. The summed E-state index contributed by atoms with van der Waals surface area (Å²) in [5, 5.41) is 4.17. The number of aromatic nitrogens is 3. The molecule has 0 aromatic carbocycles. The predicted octanol–water partition coefficient (Wildman–Crippen LogP) is 2.37. The second-order valence-electron chi connectivity index (χ2n) is 2.65. The molecule has 0 bridgehead atoms. The quantitative estimate of drug-likeness (QED) is 0.618. The van der Waals surface area contributed by atoms with E-state index in [4.69, 9.17) is 0 Å². The lowest BCUT2D eigenvalue weighted by Crippen LogP contribution is -1.93. The average molecular weight is 177 g/mol. The topological polar surface area (TPSA) is 30.2 Å². The Hall–Kier alpha value is -1.38. The summed E-state index contributed by atoms with van der Waals surface area (Å²) in [6.07, 6.45) is 3.63. The number of hydrogen-bond donors (Lipinski definition) is 0. The number of fused-ring (bicyclic) bond motifs is 1. The summed E-state index contributed by atoms with van der Waals surface area (Å²) in [5.41, 5.74) is 3.18. The van der Waals surface area contributed by atoms with Crippen LogP contribution in [0.2, 0.25) is 0 Å². The lowest BCUT2D eigenvalue weighted by Gasteiger charge is -1.95. The molecule has 0 N–H and O–H groups in total. The van der Waals surface area contributed by atoms with E-state index in [1.807, 2.05) is 44.5 Å². The van der Waals surface area contributed by atoms with Crippen LogP contribution in [0.3, 0.4) is 0 Å².